The first kappa shape index (κ1) is 14.7. The first-order valence-electron chi connectivity index (χ1n) is 5.61. The Morgan fingerprint density at radius 1 is 1.26 bits per heavy atom. The van der Waals surface area contributed by atoms with Crippen molar-refractivity contribution in [2.75, 3.05) is 0 Å². The van der Waals surface area contributed by atoms with Gasteiger partial charge < -0.3 is 11.1 Å². The van der Waals surface area contributed by atoms with Crippen LogP contribution in [0.1, 0.15) is 20.8 Å². The van der Waals surface area contributed by atoms with E-state index in [9.17, 15) is 4.79 Å². The number of halogens is 2. The van der Waals surface area contributed by atoms with Crippen LogP contribution in [0.2, 0.25) is 0 Å². The second kappa shape index (κ2) is 6.65. The molecule has 0 saturated carbocycles. The third-order valence-corrected chi connectivity index (χ3v) is 5.90. The van der Waals surface area contributed by atoms with Gasteiger partial charge >= 0.3 is 0 Å². The third kappa shape index (κ3) is 3.66. The van der Waals surface area contributed by atoms with Crippen LogP contribution >= 0.6 is 43.2 Å². The number of hydrogen-bond donors (Lipinski definition) is 2. The van der Waals surface area contributed by atoms with Crippen molar-refractivity contribution in [3.05, 3.63) is 54.6 Å². The zero-order chi connectivity index (χ0) is 13.8. The maximum absolute atomic E-state index is 12.0. The molecule has 1 aromatic carbocycles. The van der Waals surface area contributed by atoms with E-state index in [1.807, 2.05) is 24.3 Å². The summed E-state index contributed by atoms with van der Waals surface area (Å²) in [7, 11) is 0. The van der Waals surface area contributed by atoms with E-state index >= 15 is 0 Å². The van der Waals surface area contributed by atoms with Crippen LogP contribution in [0.3, 0.4) is 0 Å². The van der Waals surface area contributed by atoms with Crippen molar-refractivity contribution in [3.8, 4) is 0 Å². The Morgan fingerprint density at radius 2 is 1.95 bits per heavy atom. The Labute approximate surface area is 132 Å². The molecule has 3 nitrogen and oxygen atoms in total. The summed E-state index contributed by atoms with van der Waals surface area (Å²) in [6.45, 7) is 0.960. The van der Waals surface area contributed by atoms with E-state index in [0.717, 1.165) is 19.4 Å². The van der Waals surface area contributed by atoms with Crippen molar-refractivity contribution < 1.29 is 4.79 Å². The summed E-state index contributed by atoms with van der Waals surface area (Å²) >= 11 is 8.15. The van der Waals surface area contributed by atoms with Crippen LogP contribution in [0.4, 0.5) is 0 Å². The van der Waals surface area contributed by atoms with Gasteiger partial charge in [-0.1, -0.05) is 24.3 Å². The predicted octanol–water partition coefficient (Wildman–Crippen LogP) is 3.66. The molecule has 0 unspecified atom stereocenters. The highest BCUT2D eigenvalue weighted by atomic mass is 79.9. The molecule has 100 valence electrons. The lowest BCUT2D eigenvalue weighted by Gasteiger charge is -2.08. The van der Waals surface area contributed by atoms with Crippen LogP contribution in [0.5, 0.6) is 0 Å². The standard InChI is InChI=1S/C13H12Br2N2OS/c14-10-5-11(19-12(10)15)13(18)17-7-9-4-2-1-3-8(9)6-16/h1-5H,6-7,16H2,(H,17,18). The average molecular weight is 404 g/mol. The number of carbonyl (C=O) groups is 1. The summed E-state index contributed by atoms with van der Waals surface area (Å²) in [5.41, 5.74) is 7.77. The second-order valence-electron chi connectivity index (χ2n) is 3.89. The lowest BCUT2D eigenvalue weighted by molar-refractivity contribution is 0.0955. The molecule has 0 aliphatic rings. The topological polar surface area (TPSA) is 55.1 Å². The van der Waals surface area contributed by atoms with Gasteiger partial charge in [0.25, 0.3) is 5.91 Å². The zero-order valence-electron chi connectivity index (χ0n) is 9.95. The molecular formula is C13H12Br2N2OS. The molecule has 0 aliphatic carbocycles. The number of hydrogen-bond acceptors (Lipinski definition) is 3. The van der Waals surface area contributed by atoms with E-state index in [1.165, 1.54) is 11.3 Å². The van der Waals surface area contributed by atoms with Crippen LogP contribution < -0.4 is 11.1 Å². The maximum Gasteiger partial charge on any atom is 0.261 e. The summed E-state index contributed by atoms with van der Waals surface area (Å²) in [6.07, 6.45) is 0. The van der Waals surface area contributed by atoms with Crippen LogP contribution in [-0.4, -0.2) is 5.91 Å². The van der Waals surface area contributed by atoms with Gasteiger partial charge in [0.05, 0.1) is 8.66 Å². The van der Waals surface area contributed by atoms with Crippen molar-refractivity contribution in [1.29, 1.82) is 0 Å². The van der Waals surface area contributed by atoms with Gasteiger partial charge in [-0.05, 0) is 49.1 Å². The molecule has 1 amide bonds. The average Bonchev–Trinajstić information content (AvgIpc) is 2.76. The first-order chi connectivity index (χ1) is 9.11. The van der Waals surface area contributed by atoms with Gasteiger partial charge in [0.1, 0.15) is 0 Å². The molecule has 0 fully saturated rings. The number of carbonyl (C=O) groups excluding carboxylic acids is 1. The van der Waals surface area contributed by atoms with E-state index in [4.69, 9.17) is 5.73 Å². The van der Waals surface area contributed by atoms with Gasteiger partial charge in [-0.25, -0.2) is 0 Å². The van der Waals surface area contributed by atoms with Crippen LogP contribution in [0.15, 0.2) is 38.6 Å². The van der Waals surface area contributed by atoms with Gasteiger partial charge in [0.2, 0.25) is 0 Å². The predicted molar refractivity (Wildman–Crippen MR) is 85.2 cm³/mol. The minimum Gasteiger partial charge on any atom is -0.347 e. The Bertz CT molecular complexity index is 579. The SMILES string of the molecule is NCc1ccccc1CNC(=O)c1cc(Br)c(Br)s1. The summed E-state index contributed by atoms with van der Waals surface area (Å²) in [6, 6.07) is 9.64. The van der Waals surface area contributed by atoms with Crippen molar-refractivity contribution in [1.82, 2.24) is 5.32 Å². The highest BCUT2D eigenvalue weighted by molar-refractivity contribution is 9.13. The number of amides is 1. The summed E-state index contributed by atoms with van der Waals surface area (Å²) < 4.78 is 1.81. The molecule has 0 radical (unpaired) electrons. The van der Waals surface area contributed by atoms with Crippen molar-refractivity contribution in [2.24, 2.45) is 5.73 Å². The van der Waals surface area contributed by atoms with Crippen molar-refractivity contribution >= 4 is 49.1 Å². The fraction of sp³-hybridized carbons (Fsp3) is 0.154. The molecule has 2 rings (SSSR count). The van der Waals surface area contributed by atoms with Crippen LogP contribution in [-0.2, 0) is 13.1 Å². The molecule has 0 atom stereocenters. The second-order valence-corrected chi connectivity index (χ2v) is 7.11. The van der Waals surface area contributed by atoms with E-state index in [1.54, 1.807) is 6.07 Å². The largest absolute Gasteiger partial charge is 0.347 e. The minimum absolute atomic E-state index is 0.0803. The Morgan fingerprint density at radius 3 is 2.53 bits per heavy atom. The lowest BCUT2D eigenvalue weighted by atomic mass is 10.1. The number of nitrogens with two attached hydrogens (primary N) is 1. The molecule has 1 heterocycles. The molecule has 2 aromatic rings. The van der Waals surface area contributed by atoms with Crippen LogP contribution in [0, 0.1) is 0 Å². The fourth-order valence-corrected chi connectivity index (χ4v) is 3.60. The highest BCUT2D eigenvalue weighted by Crippen LogP contribution is 2.32. The minimum atomic E-state index is -0.0803. The molecule has 6 heteroatoms. The van der Waals surface area contributed by atoms with Gasteiger partial charge in [-0.3, -0.25) is 4.79 Å². The summed E-state index contributed by atoms with van der Waals surface area (Å²) in [4.78, 5) is 12.7. The molecule has 0 aliphatic heterocycles. The van der Waals surface area contributed by atoms with E-state index in [0.29, 0.717) is 18.0 Å². The van der Waals surface area contributed by atoms with Crippen LogP contribution in [0.25, 0.3) is 0 Å². The molecule has 0 spiro atoms. The van der Waals surface area contributed by atoms with Gasteiger partial charge in [-0.15, -0.1) is 11.3 Å². The molecule has 0 bridgehead atoms. The highest BCUT2D eigenvalue weighted by Gasteiger charge is 2.12. The summed E-state index contributed by atoms with van der Waals surface area (Å²) in [5.74, 6) is -0.0803. The molecule has 3 N–H and O–H groups in total. The number of rotatable bonds is 4. The zero-order valence-corrected chi connectivity index (χ0v) is 13.9. The van der Waals surface area contributed by atoms with Gasteiger partial charge in [0.15, 0.2) is 0 Å². The summed E-state index contributed by atoms with van der Waals surface area (Å²) in [5, 5.41) is 2.90. The number of benzene rings is 1. The normalized spacial score (nSPS) is 10.5. The quantitative estimate of drug-likeness (QED) is 0.818. The molecular weight excluding hydrogens is 392 g/mol. The van der Waals surface area contributed by atoms with Gasteiger partial charge in [-0.2, -0.15) is 0 Å². The van der Waals surface area contributed by atoms with E-state index in [-0.39, 0.29) is 5.91 Å². The number of nitrogens with one attached hydrogen (secondary N) is 1. The molecule has 19 heavy (non-hydrogen) atoms. The van der Waals surface area contributed by atoms with Crippen molar-refractivity contribution in [2.45, 2.75) is 13.1 Å². The Balaban J connectivity index is 2.04. The monoisotopic (exact) mass is 402 g/mol. The first-order valence-corrected chi connectivity index (χ1v) is 8.02. The van der Waals surface area contributed by atoms with Gasteiger partial charge in [0, 0.05) is 17.6 Å². The third-order valence-electron chi connectivity index (χ3n) is 2.65. The molecule has 1 aromatic heterocycles. The fourth-order valence-electron chi connectivity index (χ4n) is 1.65. The van der Waals surface area contributed by atoms with Crippen molar-refractivity contribution in [3.63, 3.8) is 0 Å². The Hall–Kier alpha value is -0.690. The molecule has 0 saturated heterocycles. The van der Waals surface area contributed by atoms with E-state index < -0.39 is 0 Å². The maximum atomic E-state index is 12.0. The Kier molecular flexibility index (Phi) is 5.15. The lowest BCUT2D eigenvalue weighted by Crippen LogP contribution is -2.22. The van der Waals surface area contributed by atoms with E-state index in [2.05, 4.69) is 37.2 Å². The smallest absolute Gasteiger partial charge is 0.261 e. The number of thiophene rings is 1.